The zero-order valence-corrected chi connectivity index (χ0v) is 44.7. The molecular formula is C77H56N4. The molecule has 0 saturated carbocycles. The molecule has 0 unspecified atom stereocenters. The van der Waals surface area contributed by atoms with E-state index in [4.69, 9.17) is 0 Å². The zero-order valence-electron chi connectivity index (χ0n) is 44.7. The third-order valence-electron chi connectivity index (χ3n) is 15.6. The van der Waals surface area contributed by atoms with Crippen LogP contribution in [-0.4, -0.2) is 0 Å². The highest BCUT2D eigenvalue weighted by Crippen LogP contribution is 2.45. The van der Waals surface area contributed by atoms with Crippen LogP contribution in [0.3, 0.4) is 0 Å². The molecule has 14 aromatic rings. The number of para-hydroxylation sites is 2. The predicted molar refractivity (Wildman–Crippen MR) is 344 cm³/mol. The van der Waals surface area contributed by atoms with Crippen molar-refractivity contribution >= 4 is 111 Å². The number of hydrogen-bond acceptors (Lipinski definition) is 4. The van der Waals surface area contributed by atoms with Crippen LogP contribution < -0.4 is 19.6 Å². The summed E-state index contributed by atoms with van der Waals surface area (Å²) in [6.07, 6.45) is 0.791. The van der Waals surface area contributed by atoms with Crippen LogP contribution in [-0.2, 0) is 6.42 Å². The van der Waals surface area contributed by atoms with Gasteiger partial charge in [-0.1, -0.05) is 206 Å². The summed E-state index contributed by atoms with van der Waals surface area (Å²) < 4.78 is 0. The van der Waals surface area contributed by atoms with Gasteiger partial charge in [0.15, 0.2) is 0 Å². The van der Waals surface area contributed by atoms with E-state index in [0.29, 0.717) is 0 Å². The summed E-state index contributed by atoms with van der Waals surface area (Å²) in [4.78, 5) is 9.52. The van der Waals surface area contributed by atoms with Gasteiger partial charge in [-0.15, -0.1) is 0 Å². The van der Waals surface area contributed by atoms with Crippen LogP contribution in [0.15, 0.2) is 328 Å². The van der Waals surface area contributed by atoms with E-state index in [1.165, 1.54) is 54.2 Å². The van der Waals surface area contributed by atoms with Crippen LogP contribution in [0.5, 0.6) is 0 Å². The summed E-state index contributed by atoms with van der Waals surface area (Å²) in [5.74, 6) is 0. The number of anilines is 12. The molecule has 0 heterocycles. The van der Waals surface area contributed by atoms with Crippen molar-refractivity contribution < 1.29 is 0 Å². The van der Waals surface area contributed by atoms with Gasteiger partial charge in [-0.25, -0.2) is 0 Å². The Morgan fingerprint density at radius 3 is 0.617 bits per heavy atom. The molecule has 0 amide bonds. The van der Waals surface area contributed by atoms with Crippen LogP contribution in [0, 0.1) is 0 Å². The third-order valence-corrected chi connectivity index (χ3v) is 15.6. The summed E-state index contributed by atoms with van der Waals surface area (Å²) in [5.41, 5.74) is 15.7. The van der Waals surface area contributed by atoms with Gasteiger partial charge < -0.3 is 19.6 Å². The van der Waals surface area contributed by atoms with E-state index in [0.717, 1.165) is 74.7 Å². The molecule has 14 rings (SSSR count). The number of rotatable bonds is 14. The Kier molecular flexibility index (Phi) is 13.0. The summed E-state index contributed by atoms with van der Waals surface area (Å²) in [7, 11) is 0. The van der Waals surface area contributed by atoms with E-state index < -0.39 is 0 Å². The van der Waals surface area contributed by atoms with E-state index in [-0.39, 0.29) is 0 Å². The molecule has 0 saturated heterocycles. The fourth-order valence-corrected chi connectivity index (χ4v) is 11.7. The van der Waals surface area contributed by atoms with Gasteiger partial charge in [0.05, 0.1) is 22.7 Å². The Bertz CT molecular complexity index is 4170. The molecule has 0 aliphatic rings. The predicted octanol–water partition coefficient (Wildman–Crippen LogP) is 21.8. The molecular weight excluding hydrogens is 981 g/mol. The maximum Gasteiger partial charge on any atom is 0.0540 e. The van der Waals surface area contributed by atoms with Gasteiger partial charge in [0.2, 0.25) is 0 Å². The minimum Gasteiger partial charge on any atom is -0.310 e. The van der Waals surface area contributed by atoms with E-state index >= 15 is 0 Å². The van der Waals surface area contributed by atoms with E-state index in [9.17, 15) is 0 Å². The highest BCUT2D eigenvalue weighted by Gasteiger charge is 2.21. The minimum atomic E-state index is 0.791. The second-order valence-electron chi connectivity index (χ2n) is 20.5. The van der Waals surface area contributed by atoms with Crippen molar-refractivity contribution in [2.24, 2.45) is 0 Å². The molecule has 14 aromatic carbocycles. The van der Waals surface area contributed by atoms with Crippen molar-refractivity contribution in [2.45, 2.75) is 6.42 Å². The van der Waals surface area contributed by atoms with Crippen LogP contribution in [0.25, 0.3) is 43.1 Å². The Labute approximate surface area is 473 Å². The van der Waals surface area contributed by atoms with Crippen molar-refractivity contribution in [1.29, 1.82) is 0 Å². The van der Waals surface area contributed by atoms with Gasteiger partial charge in [0, 0.05) is 67.0 Å². The Morgan fingerprint density at radius 2 is 0.358 bits per heavy atom. The van der Waals surface area contributed by atoms with Crippen molar-refractivity contribution in [3.05, 3.63) is 339 Å². The van der Waals surface area contributed by atoms with Gasteiger partial charge >= 0.3 is 0 Å². The van der Waals surface area contributed by atoms with Crippen LogP contribution in [0.4, 0.5) is 68.2 Å². The standard InChI is InChI=1S/C77H56N4/c1-3-27-62(28-4-1)78(74-35-15-23-58-19-7-11-31-70(58)74)66-47-51-68(52-48-66)80(76-37-17-25-60-21-9-13-33-72(60)76)64-43-39-56(40-44-64)55-57-41-45-65(46-42-57)81(77-38-18-26-61-22-10-14-34-73(61)77)69-53-49-67(50-54-69)79(63-29-5-2-6-30-63)75-36-16-24-59-20-8-12-32-71(59)75/h1-54H,55H2. The lowest BCUT2D eigenvalue weighted by Crippen LogP contribution is -2.13. The van der Waals surface area contributed by atoms with Crippen LogP contribution >= 0.6 is 0 Å². The number of nitrogens with zero attached hydrogens (tertiary/aromatic N) is 4. The first-order chi connectivity index (χ1) is 40.2. The van der Waals surface area contributed by atoms with Crippen LogP contribution in [0.1, 0.15) is 11.1 Å². The van der Waals surface area contributed by atoms with Crippen LogP contribution in [0.2, 0.25) is 0 Å². The van der Waals surface area contributed by atoms with Gasteiger partial charge in [-0.2, -0.15) is 0 Å². The quantitative estimate of drug-likeness (QED) is 0.108. The lowest BCUT2D eigenvalue weighted by molar-refractivity contribution is 1.18. The number of hydrogen-bond donors (Lipinski definition) is 0. The zero-order chi connectivity index (χ0) is 53.9. The largest absolute Gasteiger partial charge is 0.310 e. The highest BCUT2D eigenvalue weighted by molar-refractivity contribution is 6.03. The Hall–Kier alpha value is -10.7. The van der Waals surface area contributed by atoms with Gasteiger partial charge in [-0.05, 0) is 160 Å². The Balaban J connectivity index is 0.784. The first-order valence-corrected chi connectivity index (χ1v) is 27.8. The molecule has 81 heavy (non-hydrogen) atoms. The van der Waals surface area contributed by atoms with Gasteiger partial charge in [0.1, 0.15) is 0 Å². The SMILES string of the molecule is c1ccc(N(c2ccc(N(c3ccc(Cc4ccc(N(c5ccc(N(c6ccccc6)c6cccc7ccccc67)cc5)c5cccc6ccccc56)cc4)cc3)c3cccc4ccccc34)cc2)c2cccc3ccccc23)cc1. The molecule has 0 fully saturated rings. The first-order valence-electron chi connectivity index (χ1n) is 27.8. The van der Waals surface area contributed by atoms with Crippen molar-refractivity contribution in [3.8, 4) is 0 Å². The smallest absolute Gasteiger partial charge is 0.0540 e. The second kappa shape index (κ2) is 21.6. The molecule has 0 spiro atoms. The second-order valence-corrected chi connectivity index (χ2v) is 20.5. The summed E-state index contributed by atoms with van der Waals surface area (Å²) >= 11 is 0. The third kappa shape index (κ3) is 9.56. The molecule has 0 bridgehead atoms. The maximum absolute atomic E-state index is 2.40. The number of fused-ring (bicyclic) bond motifs is 4. The fourth-order valence-electron chi connectivity index (χ4n) is 11.7. The first kappa shape index (κ1) is 48.7. The van der Waals surface area contributed by atoms with Crippen molar-refractivity contribution in [3.63, 3.8) is 0 Å². The van der Waals surface area contributed by atoms with Gasteiger partial charge in [0.25, 0.3) is 0 Å². The normalized spacial score (nSPS) is 11.3. The molecule has 0 atom stereocenters. The summed E-state index contributed by atoms with van der Waals surface area (Å²) in [6, 6.07) is 119. The average Bonchev–Trinajstić information content (AvgIpc) is 3.54. The van der Waals surface area contributed by atoms with E-state index in [1.807, 2.05) is 0 Å². The minimum absolute atomic E-state index is 0.791. The van der Waals surface area contributed by atoms with E-state index in [1.54, 1.807) is 0 Å². The molecule has 4 heteroatoms. The Morgan fingerprint density at radius 1 is 0.160 bits per heavy atom. The van der Waals surface area contributed by atoms with Gasteiger partial charge in [-0.3, -0.25) is 0 Å². The monoisotopic (exact) mass is 1040 g/mol. The molecule has 384 valence electrons. The lowest BCUT2D eigenvalue weighted by Gasteiger charge is -2.29. The number of benzene rings is 14. The van der Waals surface area contributed by atoms with Crippen molar-refractivity contribution in [2.75, 3.05) is 19.6 Å². The topological polar surface area (TPSA) is 13.0 Å². The molecule has 0 aromatic heterocycles. The van der Waals surface area contributed by atoms with Crippen molar-refractivity contribution in [1.82, 2.24) is 0 Å². The highest BCUT2D eigenvalue weighted by atomic mass is 15.2. The molecule has 4 nitrogen and oxygen atoms in total. The maximum atomic E-state index is 2.40. The fraction of sp³-hybridized carbons (Fsp3) is 0.0130. The molecule has 0 aliphatic carbocycles. The van der Waals surface area contributed by atoms with E-state index in [2.05, 4.69) is 347 Å². The molecule has 0 radical (unpaired) electrons. The molecule has 0 N–H and O–H groups in total. The summed E-state index contributed by atoms with van der Waals surface area (Å²) in [5, 5.41) is 9.61. The average molecular weight is 1040 g/mol. The summed E-state index contributed by atoms with van der Waals surface area (Å²) in [6.45, 7) is 0. The lowest BCUT2D eigenvalue weighted by atomic mass is 10.0. The molecule has 0 aliphatic heterocycles.